The van der Waals surface area contributed by atoms with Gasteiger partial charge in [0.25, 0.3) is 0 Å². The average Bonchev–Trinajstić information content (AvgIpc) is 3.06. The van der Waals surface area contributed by atoms with Crippen molar-refractivity contribution in [1.82, 2.24) is 4.98 Å². The summed E-state index contributed by atoms with van der Waals surface area (Å²) in [6.45, 7) is 0.258. The highest BCUT2D eigenvalue weighted by molar-refractivity contribution is 5.54. The van der Waals surface area contributed by atoms with Crippen molar-refractivity contribution >= 4 is 5.82 Å². The van der Waals surface area contributed by atoms with Crippen molar-refractivity contribution in [3.8, 4) is 6.07 Å². The highest BCUT2D eigenvalue weighted by Crippen LogP contribution is 2.25. The van der Waals surface area contributed by atoms with Gasteiger partial charge in [-0.25, -0.2) is 4.98 Å². The lowest BCUT2D eigenvalue weighted by Gasteiger charge is -2.18. The van der Waals surface area contributed by atoms with E-state index in [1.807, 2.05) is 6.07 Å². The van der Waals surface area contributed by atoms with Crippen LogP contribution in [0.1, 0.15) is 41.5 Å². The SMILES string of the molecule is N#Cc1cc2c(nc1NC[C@H](O)c1ccco1)CCCC2. The molecule has 0 fully saturated rings. The number of hydrogen-bond donors (Lipinski definition) is 2. The first-order valence-electron chi connectivity index (χ1n) is 7.16. The van der Waals surface area contributed by atoms with Gasteiger partial charge in [0.2, 0.25) is 0 Å². The number of nitrogens with one attached hydrogen (secondary N) is 1. The maximum absolute atomic E-state index is 10.0. The van der Waals surface area contributed by atoms with Crippen molar-refractivity contribution in [2.75, 3.05) is 11.9 Å². The van der Waals surface area contributed by atoms with Crippen LogP contribution in [-0.4, -0.2) is 16.6 Å². The second kappa shape index (κ2) is 5.98. The van der Waals surface area contributed by atoms with Crippen LogP contribution in [0, 0.1) is 11.3 Å². The van der Waals surface area contributed by atoms with Crippen LogP contribution < -0.4 is 5.32 Å². The maximum atomic E-state index is 10.0. The van der Waals surface area contributed by atoms with Crippen molar-refractivity contribution in [2.45, 2.75) is 31.8 Å². The third-order valence-electron chi connectivity index (χ3n) is 3.76. The average molecular weight is 283 g/mol. The number of furan rings is 1. The van der Waals surface area contributed by atoms with Gasteiger partial charge in [-0.2, -0.15) is 5.26 Å². The van der Waals surface area contributed by atoms with Gasteiger partial charge >= 0.3 is 0 Å². The third-order valence-corrected chi connectivity index (χ3v) is 3.76. The quantitative estimate of drug-likeness (QED) is 0.901. The Labute approximate surface area is 123 Å². The number of rotatable bonds is 4. The van der Waals surface area contributed by atoms with Crippen LogP contribution in [0.4, 0.5) is 5.82 Å². The summed E-state index contributed by atoms with van der Waals surface area (Å²) in [5, 5.41) is 22.3. The molecule has 5 heteroatoms. The van der Waals surface area contributed by atoms with Crippen molar-refractivity contribution in [3.63, 3.8) is 0 Å². The van der Waals surface area contributed by atoms with Gasteiger partial charge < -0.3 is 14.8 Å². The predicted molar refractivity (Wildman–Crippen MR) is 77.8 cm³/mol. The Morgan fingerprint density at radius 1 is 1.43 bits per heavy atom. The monoisotopic (exact) mass is 283 g/mol. The number of fused-ring (bicyclic) bond motifs is 1. The molecule has 0 saturated carbocycles. The van der Waals surface area contributed by atoms with Crippen LogP contribution in [0.15, 0.2) is 28.9 Å². The molecule has 0 spiro atoms. The molecule has 2 N–H and O–H groups in total. The zero-order chi connectivity index (χ0) is 14.7. The number of hydrogen-bond acceptors (Lipinski definition) is 5. The van der Waals surface area contributed by atoms with Crippen molar-refractivity contribution in [3.05, 3.63) is 47.0 Å². The predicted octanol–water partition coefficient (Wildman–Crippen LogP) is 2.57. The summed E-state index contributed by atoms with van der Waals surface area (Å²) in [5.74, 6) is 1.04. The molecular weight excluding hydrogens is 266 g/mol. The Hall–Kier alpha value is -2.32. The van der Waals surface area contributed by atoms with Gasteiger partial charge in [-0.1, -0.05) is 0 Å². The molecule has 2 aromatic rings. The molecule has 0 amide bonds. The van der Waals surface area contributed by atoms with E-state index in [0.29, 0.717) is 17.1 Å². The molecule has 5 nitrogen and oxygen atoms in total. The van der Waals surface area contributed by atoms with Crippen molar-refractivity contribution in [1.29, 1.82) is 5.26 Å². The van der Waals surface area contributed by atoms with Crippen molar-refractivity contribution in [2.24, 2.45) is 0 Å². The lowest BCUT2D eigenvalue weighted by molar-refractivity contribution is 0.162. The van der Waals surface area contributed by atoms with Gasteiger partial charge in [0.05, 0.1) is 11.8 Å². The van der Waals surface area contributed by atoms with Gasteiger partial charge in [0, 0.05) is 12.2 Å². The zero-order valence-corrected chi connectivity index (χ0v) is 11.7. The molecule has 0 radical (unpaired) electrons. The van der Waals surface area contributed by atoms with Crippen LogP contribution in [0.3, 0.4) is 0 Å². The van der Waals surface area contributed by atoms with E-state index in [1.54, 1.807) is 12.1 Å². The number of nitrogens with zero attached hydrogens (tertiary/aromatic N) is 2. The lowest BCUT2D eigenvalue weighted by Crippen LogP contribution is -2.15. The molecule has 1 aliphatic carbocycles. The Kier molecular flexibility index (Phi) is 3.89. The van der Waals surface area contributed by atoms with Gasteiger partial charge in [-0.05, 0) is 49.4 Å². The molecule has 0 saturated heterocycles. The minimum Gasteiger partial charge on any atom is -0.467 e. The van der Waals surface area contributed by atoms with E-state index in [9.17, 15) is 10.4 Å². The van der Waals surface area contributed by atoms with Crippen molar-refractivity contribution < 1.29 is 9.52 Å². The van der Waals surface area contributed by atoms with Crippen LogP contribution >= 0.6 is 0 Å². The van der Waals surface area contributed by atoms with Gasteiger partial charge in [0.1, 0.15) is 23.8 Å². The van der Waals surface area contributed by atoms with E-state index in [0.717, 1.165) is 31.4 Å². The minimum atomic E-state index is -0.760. The normalized spacial score (nSPS) is 15.0. The Bertz CT molecular complexity index is 659. The molecule has 3 rings (SSSR count). The topological polar surface area (TPSA) is 82.1 Å². The second-order valence-corrected chi connectivity index (χ2v) is 5.22. The molecule has 21 heavy (non-hydrogen) atoms. The fourth-order valence-corrected chi connectivity index (χ4v) is 2.63. The molecule has 0 aromatic carbocycles. The minimum absolute atomic E-state index is 0.258. The third kappa shape index (κ3) is 2.91. The summed E-state index contributed by atoms with van der Waals surface area (Å²) in [7, 11) is 0. The number of aryl methyl sites for hydroxylation is 2. The molecule has 2 heterocycles. The Morgan fingerprint density at radius 2 is 2.29 bits per heavy atom. The summed E-state index contributed by atoms with van der Waals surface area (Å²) in [6.07, 6.45) is 5.01. The molecule has 0 unspecified atom stereocenters. The summed E-state index contributed by atoms with van der Waals surface area (Å²) >= 11 is 0. The summed E-state index contributed by atoms with van der Waals surface area (Å²) < 4.78 is 5.16. The summed E-state index contributed by atoms with van der Waals surface area (Å²) in [4.78, 5) is 4.56. The highest BCUT2D eigenvalue weighted by atomic mass is 16.4. The highest BCUT2D eigenvalue weighted by Gasteiger charge is 2.16. The number of pyridine rings is 1. The van der Waals surface area contributed by atoms with Crippen LogP contribution in [0.25, 0.3) is 0 Å². The molecule has 0 aliphatic heterocycles. The van der Waals surface area contributed by atoms with Crippen LogP contribution in [0.2, 0.25) is 0 Å². The van der Waals surface area contributed by atoms with Crippen LogP contribution in [-0.2, 0) is 12.8 Å². The first-order chi connectivity index (χ1) is 10.3. The number of aliphatic hydroxyl groups is 1. The van der Waals surface area contributed by atoms with Crippen LogP contribution in [0.5, 0.6) is 0 Å². The summed E-state index contributed by atoms with van der Waals surface area (Å²) in [5.41, 5.74) is 2.77. The molecule has 0 bridgehead atoms. The second-order valence-electron chi connectivity index (χ2n) is 5.22. The summed E-state index contributed by atoms with van der Waals surface area (Å²) in [6, 6.07) is 7.55. The molecule has 1 atom stereocenters. The van der Waals surface area contributed by atoms with E-state index in [1.165, 1.54) is 11.8 Å². The van der Waals surface area contributed by atoms with E-state index in [4.69, 9.17) is 4.42 Å². The van der Waals surface area contributed by atoms with Gasteiger partial charge in [-0.15, -0.1) is 0 Å². The number of aliphatic hydroxyl groups excluding tert-OH is 1. The van der Waals surface area contributed by atoms with Gasteiger partial charge in [0.15, 0.2) is 0 Å². The van der Waals surface area contributed by atoms with E-state index >= 15 is 0 Å². The van der Waals surface area contributed by atoms with E-state index in [-0.39, 0.29) is 6.54 Å². The maximum Gasteiger partial charge on any atom is 0.144 e. The molecule has 1 aliphatic rings. The smallest absolute Gasteiger partial charge is 0.144 e. The fraction of sp³-hybridized carbons (Fsp3) is 0.375. The first-order valence-corrected chi connectivity index (χ1v) is 7.16. The fourth-order valence-electron chi connectivity index (χ4n) is 2.63. The zero-order valence-electron chi connectivity index (χ0n) is 11.7. The number of anilines is 1. The molecular formula is C16H17N3O2. The Morgan fingerprint density at radius 3 is 3.05 bits per heavy atom. The van der Waals surface area contributed by atoms with E-state index in [2.05, 4.69) is 16.4 Å². The lowest BCUT2D eigenvalue weighted by atomic mass is 9.95. The standard InChI is InChI=1S/C16H17N3O2/c17-9-12-8-11-4-1-2-5-13(11)19-16(12)18-10-14(20)15-6-3-7-21-15/h3,6-8,14,20H,1-2,4-5,10H2,(H,18,19)/t14-/m0/s1. The first kappa shape index (κ1) is 13.7. The van der Waals surface area contributed by atoms with Gasteiger partial charge in [-0.3, -0.25) is 0 Å². The van der Waals surface area contributed by atoms with E-state index < -0.39 is 6.10 Å². The number of nitriles is 1. The Balaban J connectivity index is 1.77. The molecule has 108 valence electrons. The largest absolute Gasteiger partial charge is 0.467 e. The number of aromatic nitrogens is 1. The molecule has 2 aromatic heterocycles.